The van der Waals surface area contributed by atoms with Gasteiger partial charge in [-0.05, 0) is 45.2 Å². The van der Waals surface area contributed by atoms with Crippen LogP contribution in [0.4, 0.5) is 5.82 Å². The van der Waals surface area contributed by atoms with Gasteiger partial charge in [-0.2, -0.15) is 5.10 Å². The number of H-pyrrole nitrogens is 1. The molecule has 1 aliphatic heterocycles. The molecule has 1 atom stereocenters. The zero-order valence-corrected chi connectivity index (χ0v) is 25.2. The quantitative estimate of drug-likeness (QED) is 0.320. The number of pyridine rings is 1. The molecule has 0 spiro atoms. The second kappa shape index (κ2) is 9.84. The summed E-state index contributed by atoms with van der Waals surface area (Å²) in [7, 11) is -3.84. The molecule has 0 radical (unpaired) electrons. The second-order valence-electron chi connectivity index (χ2n) is 12.0. The van der Waals surface area contributed by atoms with Crippen LogP contribution in [0.3, 0.4) is 0 Å². The van der Waals surface area contributed by atoms with Crippen LogP contribution in [0.25, 0.3) is 5.82 Å². The minimum absolute atomic E-state index is 0.0111. The Morgan fingerprint density at radius 2 is 2.00 bits per heavy atom. The molecule has 0 aromatic carbocycles. The highest BCUT2D eigenvalue weighted by atomic mass is 32.2. The van der Waals surface area contributed by atoms with Crippen molar-refractivity contribution in [2.45, 2.75) is 64.2 Å². The van der Waals surface area contributed by atoms with E-state index in [0.29, 0.717) is 41.9 Å². The number of hydrogen-bond acceptors (Lipinski definition) is 7. The van der Waals surface area contributed by atoms with Crippen molar-refractivity contribution in [1.82, 2.24) is 24.6 Å². The molecule has 1 aliphatic rings. The highest BCUT2D eigenvalue weighted by Crippen LogP contribution is 2.37. The van der Waals surface area contributed by atoms with Gasteiger partial charge in [-0.15, -0.1) is 9.78 Å². The number of amides is 1. The van der Waals surface area contributed by atoms with Crippen molar-refractivity contribution < 1.29 is 22.6 Å². The van der Waals surface area contributed by atoms with Crippen molar-refractivity contribution in [2.75, 3.05) is 17.7 Å². The first kappa shape index (κ1) is 27.8. The van der Waals surface area contributed by atoms with E-state index >= 15 is 0 Å². The summed E-state index contributed by atoms with van der Waals surface area (Å²) >= 11 is 0. The highest BCUT2D eigenvalue weighted by molar-refractivity contribution is 7.90. The van der Waals surface area contributed by atoms with Gasteiger partial charge in [-0.25, -0.2) is 22.8 Å². The first-order chi connectivity index (χ1) is 17.6. The Kier molecular flexibility index (Phi) is 7.21. The number of ether oxygens (including phenoxy) is 1. The lowest BCUT2D eigenvalue weighted by molar-refractivity contribution is -0.727. The van der Waals surface area contributed by atoms with E-state index in [0.717, 1.165) is 6.42 Å². The van der Waals surface area contributed by atoms with Gasteiger partial charge in [0, 0.05) is 24.3 Å². The van der Waals surface area contributed by atoms with Gasteiger partial charge in [-0.3, -0.25) is 4.79 Å². The Bertz CT molecular complexity index is 1460. The van der Waals surface area contributed by atoms with Crippen LogP contribution in [-0.4, -0.2) is 60.6 Å². The van der Waals surface area contributed by atoms with E-state index < -0.39 is 24.0 Å². The molecule has 0 aliphatic carbocycles. The summed E-state index contributed by atoms with van der Waals surface area (Å²) < 4.78 is 37.4. The molecule has 3 aromatic heterocycles. The Balaban J connectivity index is 1.71. The summed E-state index contributed by atoms with van der Waals surface area (Å²) in [6, 6.07) is 5.06. The number of aromatic amines is 1. The van der Waals surface area contributed by atoms with Gasteiger partial charge in [-0.1, -0.05) is 26.6 Å². The number of hydrogen-bond donors (Lipinski definition) is 2. The van der Waals surface area contributed by atoms with Crippen molar-refractivity contribution in [2.24, 2.45) is 13.0 Å². The van der Waals surface area contributed by atoms with E-state index in [2.05, 4.69) is 60.2 Å². The summed E-state index contributed by atoms with van der Waals surface area (Å²) in [5.74, 6) is 1.07. The molecular formula is C25H38N7O4SSi+. The van der Waals surface area contributed by atoms with Gasteiger partial charge in [0.05, 0.1) is 25.6 Å². The van der Waals surface area contributed by atoms with Crippen LogP contribution in [0, 0.1) is 12.8 Å². The smallest absolute Gasteiger partial charge is 0.272 e. The van der Waals surface area contributed by atoms with Gasteiger partial charge in [0.25, 0.3) is 15.9 Å². The Hall–Kier alpha value is -3.19. The number of aromatic nitrogens is 5. The van der Waals surface area contributed by atoms with E-state index in [4.69, 9.17) is 9.72 Å². The zero-order chi connectivity index (χ0) is 28.0. The summed E-state index contributed by atoms with van der Waals surface area (Å²) in [6.07, 6.45) is 4.75. The lowest BCUT2D eigenvalue weighted by Crippen LogP contribution is -2.41. The molecule has 4 rings (SSSR count). The number of rotatable bonds is 8. The fraction of sp³-hybridized carbons (Fsp3) is 0.520. The van der Waals surface area contributed by atoms with E-state index in [1.54, 1.807) is 43.0 Å². The van der Waals surface area contributed by atoms with Crippen molar-refractivity contribution in [3.63, 3.8) is 0 Å². The van der Waals surface area contributed by atoms with Crippen molar-refractivity contribution >= 4 is 29.8 Å². The molecular weight excluding hydrogens is 522 g/mol. The third-order valence-corrected chi connectivity index (χ3v) is 8.88. The molecule has 0 unspecified atom stereocenters. The van der Waals surface area contributed by atoms with Gasteiger partial charge in [0.1, 0.15) is 5.82 Å². The zero-order valence-electron chi connectivity index (χ0n) is 23.4. The summed E-state index contributed by atoms with van der Waals surface area (Å²) in [6.45, 7) is 15.3. The van der Waals surface area contributed by atoms with E-state index in [1.807, 2.05) is 0 Å². The molecule has 3 aromatic rings. The SMILES string of the molecule is Cc1[nH][n+](C)cc1S(=O)(=O)NC(=O)c1ccc(-n2ccc(OC[Si](C)(C)C)n2)nc1N1C[C@@H](C)CC1(C)C. The van der Waals surface area contributed by atoms with Gasteiger partial charge in [0.15, 0.2) is 17.8 Å². The van der Waals surface area contributed by atoms with Gasteiger partial charge < -0.3 is 9.64 Å². The summed E-state index contributed by atoms with van der Waals surface area (Å²) in [5.41, 5.74) is 0.334. The molecule has 1 amide bonds. The molecule has 206 valence electrons. The number of anilines is 1. The number of nitrogens with one attached hydrogen (secondary N) is 2. The third kappa shape index (κ3) is 5.93. The third-order valence-electron chi connectivity index (χ3n) is 6.43. The van der Waals surface area contributed by atoms with Crippen LogP contribution in [0.2, 0.25) is 19.6 Å². The Morgan fingerprint density at radius 3 is 2.58 bits per heavy atom. The maximum Gasteiger partial charge on any atom is 0.272 e. The Labute approximate surface area is 225 Å². The fourth-order valence-electron chi connectivity index (χ4n) is 4.84. The normalized spacial score (nSPS) is 17.6. The minimum Gasteiger partial charge on any atom is -0.480 e. The van der Waals surface area contributed by atoms with Crippen LogP contribution >= 0.6 is 0 Å². The average molecular weight is 561 g/mol. The van der Waals surface area contributed by atoms with E-state index in [-0.39, 0.29) is 16.0 Å². The first-order valence-corrected chi connectivity index (χ1v) is 17.8. The summed E-state index contributed by atoms with van der Waals surface area (Å²) in [4.78, 5) is 20.4. The number of carbonyl (C=O) groups is 1. The maximum absolute atomic E-state index is 13.4. The molecule has 38 heavy (non-hydrogen) atoms. The number of aryl methyl sites for hydroxylation is 2. The van der Waals surface area contributed by atoms with Crippen molar-refractivity contribution in [1.29, 1.82) is 0 Å². The van der Waals surface area contributed by atoms with E-state index in [1.165, 1.54) is 10.9 Å². The average Bonchev–Trinajstić information content (AvgIpc) is 3.47. The van der Waals surface area contributed by atoms with Crippen molar-refractivity contribution in [3.05, 3.63) is 41.9 Å². The molecule has 1 fully saturated rings. The van der Waals surface area contributed by atoms with Crippen LogP contribution in [-0.2, 0) is 17.1 Å². The second-order valence-corrected chi connectivity index (χ2v) is 19.1. The fourth-order valence-corrected chi connectivity index (χ4v) is 6.63. The maximum atomic E-state index is 13.4. The predicted molar refractivity (Wildman–Crippen MR) is 147 cm³/mol. The topological polar surface area (TPSA) is 126 Å². The van der Waals surface area contributed by atoms with Gasteiger partial charge >= 0.3 is 0 Å². The number of carbonyl (C=O) groups excluding carboxylic acids is 1. The number of sulfonamides is 1. The molecule has 13 heteroatoms. The Morgan fingerprint density at radius 1 is 1.29 bits per heavy atom. The molecule has 1 saturated heterocycles. The minimum atomic E-state index is -4.10. The van der Waals surface area contributed by atoms with Crippen molar-refractivity contribution in [3.8, 4) is 11.7 Å². The lowest BCUT2D eigenvalue weighted by atomic mass is 9.97. The van der Waals surface area contributed by atoms with Crippen LogP contribution in [0.15, 0.2) is 35.5 Å². The molecule has 2 N–H and O–H groups in total. The molecule has 11 nitrogen and oxygen atoms in total. The highest BCUT2D eigenvalue weighted by Gasteiger charge is 2.39. The molecule has 0 bridgehead atoms. The summed E-state index contributed by atoms with van der Waals surface area (Å²) in [5, 5.41) is 7.41. The standard InChI is InChI=1S/C25H37N7O4SSi/c1-17-13-25(3,4)31(14-17)23-19(24(33)29-37(34,35)20-15-30(5)27-18(20)2)9-10-21(26-23)32-12-11-22(28-32)36-16-38(6,7)8/h9-12,15,17H,13-14,16H2,1-8H3,(H,29,33)/p+1/t17-/m0/s1. The predicted octanol–water partition coefficient (Wildman–Crippen LogP) is 2.73. The van der Waals surface area contributed by atoms with Crippen LogP contribution < -0.4 is 19.0 Å². The van der Waals surface area contributed by atoms with Crippen LogP contribution in [0.5, 0.6) is 5.88 Å². The lowest BCUT2D eigenvalue weighted by Gasteiger charge is -2.34. The first-order valence-electron chi connectivity index (χ1n) is 12.7. The molecule has 0 saturated carbocycles. The molecule has 4 heterocycles. The van der Waals surface area contributed by atoms with Crippen LogP contribution in [0.1, 0.15) is 43.2 Å². The van der Waals surface area contributed by atoms with E-state index in [9.17, 15) is 13.2 Å². The monoisotopic (exact) mass is 560 g/mol. The number of nitrogens with zero attached hydrogens (tertiary/aromatic N) is 5. The largest absolute Gasteiger partial charge is 0.480 e. The van der Waals surface area contributed by atoms with Gasteiger partial charge in [0.2, 0.25) is 12.1 Å².